The fraction of sp³-hybridized carbons (Fsp3) is 0.182. The van der Waals surface area contributed by atoms with Crippen LogP contribution in [0, 0.1) is 0 Å². The van der Waals surface area contributed by atoms with Crippen LogP contribution >= 0.6 is 0 Å². The third-order valence-electron chi connectivity index (χ3n) is 2.21. The molecule has 1 amide bonds. The Kier molecular flexibility index (Phi) is 3.61. The van der Waals surface area contributed by atoms with E-state index in [9.17, 15) is 13.2 Å². The van der Waals surface area contributed by atoms with Crippen LogP contribution in [0.5, 0.6) is 0 Å². The van der Waals surface area contributed by atoms with E-state index in [0.717, 1.165) is 11.8 Å². The van der Waals surface area contributed by atoms with Crippen molar-refractivity contribution in [3.05, 3.63) is 41.8 Å². The molecule has 0 unspecified atom stereocenters. The molecule has 0 bridgehead atoms. The molecule has 1 heterocycles. The summed E-state index contributed by atoms with van der Waals surface area (Å²) in [6.07, 6.45) is 0.923. The van der Waals surface area contributed by atoms with Crippen molar-refractivity contribution in [3.8, 4) is 0 Å². The highest BCUT2D eigenvalue weighted by atomic mass is 32.2. The lowest BCUT2D eigenvalue weighted by Crippen LogP contribution is -2.23. The van der Waals surface area contributed by atoms with Gasteiger partial charge in [0.05, 0.1) is 0 Å². The number of nitrogens with one attached hydrogen (secondary N) is 1. The van der Waals surface area contributed by atoms with Crippen LogP contribution in [0.3, 0.4) is 0 Å². The fourth-order valence-electron chi connectivity index (χ4n) is 1.31. The topological polar surface area (TPSA) is 102 Å². The van der Waals surface area contributed by atoms with E-state index in [1.807, 2.05) is 30.3 Å². The van der Waals surface area contributed by atoms with Crippen LogP contribution in [0.2, 0.25) is 0 Å². The predicted octanol–water partition coefficient (Wildman–Crippen LogP) is 0.403. The minimum Gasteiger partial charge on any atom is -0.404 e. The van der Waals surface area contributed by atoms with E-state index >= 15 is 0 Å². The van der Waals surface area contributed by atoms with Gasteiger partial charge in [-0.05, 0) is 5.56 Å². The number of aromatic nitrogens is 2. The van der Waals surface area contributed by atoms with Crippen LogP contribution in [-0.4, -0.2) is 30.8 Å². The number of amides is 1. The minimum atomic E-state index is -3.60. The first-order chi connectivity index (χ1) is 8.97. The Hall–Kier alpha value is -2.22. The summed E-state index contributed by atoms with van der Waals surface area (Å²) >= 11 is 0. The summed E-state index contributed by atoms with van der Waals surface area (Å²) in [5.41, 5.74) is 0.902. The summed E-state index contributed by atoms with van der Waals surface area (Å²) in [7, 11) is -3.60. The Balaban J connectivity index is 2.03. The number of carbonyl (C=O) groups is 1. The van der Waals surface area contributed by atoms with Gasteiger partial charge < -0.3 is 9.73 Å². The average molecular weight is 281 g/mol. The van der Waals surface area contributed by atoms with Crippen molar-refractivity contribution in [2.24, 2.45) is 0 Å². The Morgan fingerprint density at radius 2 is 1.95 bits per heavy atom. The molecule has 0 fully saturated rings. The van der Waals surface area contributed by atoms with Crippen molar-refractivity contribution in [2.75, 3.05) is 6.26 Å². The number of hydrogen-bond donors (Lipinski definition) is 1. The quantitative estimate of drug-likeness (QED) is 0.870. The van der Waals surface area contributed by atoms with Gasteiger partial charge in [0, 0.05) is 12.8 Å². The van der Waals surface area contributed by atoms with Gasteiger partial charge in [0.2, 0.25) is 9.84 Å². The Labute approximate surface area is 109 Å². The predicted molar refractivity (Wildman–Crippen MR) is 65.0 cm³/mol. The average Bonchev–Trinajstić information content (AvgIpc) is 2.87. The number of hydrogen-bond acceptors (Lipinski definition) is 6. The zero-order valence-corrected chi connectivity index (χ0v) is 10.8. The molecule has 1 aromatic carbocycles. The fourth-order valence-corrected chi connectivity index (χ4v) is 1.72. The molecule has 7 nitrogen and oxygen atoms in total. The summed E-state index contributed by atoms with van der Waals surface area (Å²) in [4.78, 5) is 11.7. The van der Waals surface area contributed by atoms with E-state index in [4.69, 9.17) is 4.42 Å². The number of carbonyl (C=O) groups excluding carboxylic acids is 1. The molecule has 0 aliphatic carbocycles. The second kappa shape index (κ2) is 5.19. The molecule has 1 aromatic heterocycles. The van der Waals surface area contributed by atoms with E-state index in [1.54, 1.807) is 0 Å². The van der Waals surface area contributed by atoms with Gasteiger partial charge in [-0.3, -0.25) is 4.79 Å². The highest BCUT2D eigenvalue weighted by Crippen LogP contribution is 2.06. The molecule has 100 valence electrons. The molecule has 8 heteroatoms. The first-order valence-electron chi connectivity index (χ1n) is 5.32. The normalized spacial score (nSPS) is 11.2. The van der Waals surface area contributed by atoms with Gasteiger partial charge >= 0.3 is 17.0 Å². The number of benzene rings is 1. The molecule has 0 radical (unpaired) electrons. The lowest BCUT2D eigenvalue weighted by molar-refractivity contribution is 0.0911. The Morgan fingerprint density at radius 3 is 2.53 bits per heavy atom. The zero-order chi connectivity index (χ0) is 13.9. The molecule has 2 aromatic rings. The van der Waals surface area contributed by atoms with E-state index < -0.39 is 21.0 Å². The minimum absolute atomic E-state index is 0.288. The van der Waals surface area contributed by atoms with Crippen LogP contribution in [0.25, 0.3) is 0 Å². The summed E-state index contributed by atoms with van der Waals surface area (Å²) in [6, 6.07) is 9.24. The van der Waals surface area contributed by atoms with Crippen LogP contribution in [-0.2, 0) is 16.4 Å². The second-order valence-electron chi connectivity index (χ2n) is 3.81. The molecule has 0 spiro atoms. The highest BCUT2D eigenvalue weighted by Gasteiger charge is 2.20. The van der Waals surface area contributed by atoms with Crippen molar-refractivity contribution in [3.63, 3.8) is 0 Å². The zero-order valence-electron chi connectivity index (χ0n) is 10.0. The highest BCUT2D eigenvalue weighted by molar-refractivity contribution is 7.90. The van der Waals surface area contributed by atoms with Gasteiger partial charge in [-0.2, -0.15) is 0 Å². The van der Waals surface area contributed by atoms with Crippen LogP contribution in [0.1, 0.15) is 16.2 Å². The summed E-state index contributed by atoms with van der Waals surface area (Å²) in [5.74, 6) is -0.998. The summed E-state index contributed by atoms with van der Waals surface area (Å²) in [6.45, 7) is 0.288. The summed E-state index contributed by atoms with van der Waals surface area (Å²) < 4.78 is 27.0. The maximum absolute atomic E-state index is 11.7. The first-order valence-corrected chi connectivity index (χ1v) is 7.21. The molecule has 0 saturated heterocycles. The van der Waals surface area contributed by atoms with E-state index in [0.29, 0.717) is 0 Å². The van der Waals surface area contributed by atoms with Crippen molar-refractivity contribution in [1.82, 2.24) is 15.5 Å². The lowest BCUT2D eigenvalue weighted by Gasteiger charge is -2.01. The van der Waals surface area contributed by atoms with Gasteiger partial charge in [0.1, 0.15) is 0 Å². The molecule has 1 N–H and O–H groups in total. The molecule has 0 atom stereocenters. The van der Waals surface area contributed by atoms with Crippen molar-refractivity contribution < 1.29 is 17.6 Å². The molecular weight excluding hydrogens is 270 g/mol. The van der Waals surface area contributed by atoms with E-state index in [1.165, 1.54) is 0 Å². The largest absolute Gasteiger partial charge is 0.404 e. The van der Waals surface area contributed by atoms with Crippen LogP contribution in [0.15, 0.2) is 40.0 Å². The lowest BCUT2D eigenvalue weighted by atomic mass is 10.2. The third kappa shape index (κ3) is 3.38. The standard InChI is InChI=1S/C11H11N3O4S/c1-19(16,17)11-14-13-10(18-11)9(15)12-7-8-5-3-2-4-6-8/h2-6H,7H2,1H3,(H,12,15). The van der Waals surface area contributed by atoms with Gasteiger partial charge in [0.15, 0.2) is 0 Å². The van der Waals surface area contributed by atoms with Crippen LogP contribution in [0.4, 0.5) is 0 Å². The maximum Gasteiger partial charge on any atom is 0.335 e. The van der Waals surface area contributed by atoms with Crippen molar-refractivity contribution in [2.45, 2.75) is 11.8 Å². The second-order valence-corrected chi connectivity index (χ2v) is 5.71. The van der Waals surface area contributed by atoms with Gasteiger partial charge in [-0.25, -0.2) is 8.42 Å². The van der Waals surface area contributed by atoms with E-state index in [-0.39, 0.29) is 12.4 Å². The monoisotopic (exact) mass is 281 g/mol. The Bertz CT molecular complexity index is 679. The maximum atomic E-state index is 11.7. The van der Waals surface area contributed by atoms with E-state index in [2.05, 4.69) is 15.5 Å². The number of rotatable bonds is 4. The number of nitrogens with zero attached hydrogens (tertiary/aromatic N) is 2. The van der Waals surface area contributed by atoms with Gasteiger partial charge in [-0.1, -0.05) is 35.4 Å². The first kappa shape index (κ1) is 13.2. The van der Waals surface area contributed by atoms with Gasteiger partial charge in [0.25, 0.3) is 0 Å². The molecule has 2 rings (SSSR count). The van der Waals surface area contributed by atoms with Crippen LogP contribution < -0.4 is 5.32 Å². The molecule has 0 aliphatic rings. The third-order valence-corrected chi connectivity index (χ3v) is 3.01. The Morgan fingerprint density at radius 1 is 1.26 bits per heavy atom. The van der Waals surface area contributed by atoms with Gasteiger partial charge in [-0.15, -0.1) is 5.10 Å². The summed E-state index contributed by atoms with van der Waals surface area (Å²) in [5, 5.41) is 8.66. The SMILES string of the molecule is CS(=O)(=O)c1nnc(C(=O)NCc2ccccc2)o1. The molecule has 19 heavy (non-hydrogen) atoms. The molecular formula is C11H11N3O4S. The smallest absolute Gasteiger partial charge is 0.335 e. The number of sulfone groups is 1. The van der Waals surface area contributed by atoms with Crippen molar-refractivity contribution in [1.29, 1.82) is 0 Å². The molecule has 0 aliphatic heterocycles. The molecule has 0 saturated carbocycles. The van der Waals surface area contributed by atoms with Crippen molar-refractivity contribution >= 4 is 15.7 Å².